The fourth-order valence-corrected chi connectivity index (χ4v) is 1.48. The topological polar surface area (TPSA) is 59.1 Å². The first kappa shape index (κ1) is 8.64. The molecule has 1 aromatic heterocycles. The molecule has 4 heteroatoms. The van der Waals surface area contributed by atoms with E-state index < -0.39 is 6.10 Å². The number of hydrogen-bond acceptors (Lipinski definition) is 4. The molecule has 1 heterocycles. The Morgan fingerprint density at radius 3 is 3.00 bits per heavy atom. The summed E-state index contributed by atoms with van der Waals surface area (Å²) in [5.74, 6) is 0. The molecule has 3 nitrogen and oxygen atoms in total. The van der Waals surface area contributed by atoms with Gasteiger partial charge in [0.2, 0.25) is 0 Å². The highest BCUT2D eigenvalue weighted by Crippen LogP contribution is 2.18. The summed E-state index contributed by atoms with van der Waals surface area (Å²) in [6.45, 7) is 1.95. The van der Waals surface area contributed by atoms with Crippen LogP contribution < -0.4 is 5.73 Å². The molecule has 1 aromatic rings. The Morgan fingerprint density at radius 1 is 1.82 bits per heavy atom. The van der Waals surface area contributed by atoms with Crippen molar-refractivity contribution in [1.29, 1.82) is 0 Å². The van der Waals surface area contributed by atoms with E-state index in [1.807, 2.05) is 12.3 Å². The molecule has 3 N–H and O–H groups in total. The fraction of sp³-hybridized carbons (Fsp3) is 0.571. The van der Waals surface area contributed by atoms with Crippen molar-refractivity contribution in [3.8, 4) is 0 Å². The summed E-state index contributed by atoms with van der Waals surface area (Å²) >= 11 is 1.43. The number of nitrogens with two attached hydrogens (primary N) is 1. The molecule has 0 fully saturated rings. The van der Waals surface area contributed by atoms with Gasteiger partial charge in [-0.1, -0.05) is 6.92 Å². The Hall–Kier alpha value is -0.450. The normalized spacial score (nSPS) is 16.3. The SMILES string of the molecule is CC[C@H](N)[C@@H](O)c1nccs1. The molecule has 1 rings (SSSR count). The van der Waals surface area contributed by atoms with Gasteiger partial charge in [-0.3, -0.25) is 0 Å². The third-order valence-electron chi connectivity index (χ3n) is 1.58. The van der Waals surface area contributed by atoms with Gasteiger partial charge >= 0.3 is 0 Å². The molecule has 0 saturated carbocycles. The van der Waals surface area contributed by atoms with E-state index in [-0.39, 0.29) is 6.04 Å². The predicted molar refractivity (Wildman–Crippen MR) is 45.3 cm³/mol. The quantitative estimate of drug-likeness (QED) is 0.712. The maximum atomic E-state index is 9.50. The Balaban J connectivity index is 2.62. The van der Waals surface area contributed by atoms with Gasteiger partial charge < -0.3 is 10.8 Å². The van der Waals surface area contributed by atoms with Crippen molar-refractivity contribution in [3.63, 3.8) is 0 Å². The molecule has 0 saturated heterocycles. The molecule has 11 heavy (non-hydrogen) atoms. The van der Waals surface area contributed by atoms with Crippen LogP contribution in [0.15, 0.2) is 11.6 Å². The first-order chi connectivity index (χ1) is 5.25. The van der Waals surface area contributed by atoms with Gasteiger partial charge in [0.1, 0.15) is 11.1 Å². The number of nitrogens with zero attached hydrogens (tertiary/aromatic N) is 1. The molecule has 0 aliphatic carbocycles. The van der Waals surface area contributed by atoms with E-state index in [4.69, 9.17) is 5.73 Å². The van der Waals surface area contributed by atoms with Crippen LogP contribution in [0.25, 0.3) is 0 Å². The van der Waals surface area contributed by atoms with E-state index in [0.717, 1.165) is 6.42 Å². The third-order valence-corrected chi connectivity index (χ3v) is 2.43. The average Bonchev–Trinajstić information content (AvgIpc) is 2.53. The van der Waals surface area contributed by atoms with Crippen LogP contribution in [0.4, 0.5) is 0 Å². The standard InChI is InChI=1S/C7H12N2OS/c1-2-5(8)6(10)7-9-3-4-11-7/h3-6,10H,2,8H2,1H3/t5-,6+/m0/s1. The summed E-state index contributed by atoms with van der Waals surface area (Å²) in [7, 11) is 0. The van der Waals surface area contributed by atoms with E-state index in [1.165, 1.54) is 11.3 Å². The lowest BCUT2D eigenvalue weighted by Crippen LogP contribution is -2.27. The molecule has 0 aliphatic heterocycles. The van der Waals surface area contributed by atoms with Gasteiger partial charge in [0.25, 0.3) is 0 Å². The zero-order chi connectivity index (χ0) is 8.27. The number of thiazole rings is 1. The number of rotatable bonds is 3. The summed E-state index contributed by atoms with van der Waals surface area (Å²) in [4.78, 5) is 3.97. The molecular weight excluding hydrogens is 160 g/mol. The second-order valence-corrected chi connectivity index (χ2v) is 3.31. The van der Waals surface area contributed by atoms with Crippen molar-refractivity contribution in [1.82, 2.24) is 4.98 Å². The number of aliphatic hydroxyl groups excluding tert-OH is 1. The average molecular weight is 172 g/mol. The van der Waals surface area contributed by atoms with Crippen LogP contribution in [0, 0.1) is 0 Å². The summed E-state index contributed by atoms with van der Waals surface area (Å²) < 4.78 is 0. The van der Waals surface area contributed by atoms with Gasteiger partial charge in [-0.15, -0.1) is 11.3 Å². The van der Waals surface area contributed by atoms with Crippen LogP contribution in [-0.2, 0) is 0 Å². The monoisotopic (exact) mass is 172 g/mol. The molecule has 2 atom stereocenters. The zero-order valence-electron chi connectivity index (χ0n) is 6.40. The lowest BCUT2D eigenvalue weighted by atomic mass is 10.1. The van der Waals surface area contributed by atoms with E-state index in [1.54, 1.807) is 6.20 Å². The van der Waals surface area contributed by atoms with Crippen molar-refractivity contribution in [2.45, 2.75) is 25.5 Å². The van der Waals surface area contributed by atoms with Crippen LogP contribution >= 0.6 is 11.3 Å². The Labute approximate surface area is 69.9 Å². The summed E-state index contributed by atoms with van der Waals surface area (Å²) in [5, 5.41) is 12.0. The number of hydrogen-bond donors (Lipinski definition) is 2. The molecule has 0 spiro atoms. The van der Waals surface area contributed by atoms with Crippen LogP contribution in [0.2, 0.25) is 0 Å². The molecule has 0 aliphatic rings. The number of aromatic nitrogens is 1. The Kier molecular flexibility index (Phi) is 2.99. The minimum Gasteiger partial charge on any atom is -0.384 e. The maximum Gasteiger partial charge on any atom is 0.123 e. The van der Waals surface area contributed by atoms with Crippen molar-refractivity contribution >= 4 is 11.3 Å². The fourth-order valence-electron chi connectivity index (χ4n) is 0.787. The first-order valence-corrected chi connectivity index (χ1v) is 4.46. The highest BCUT2D eigenvalue weighted by atomic mass is 32.1. The summed E-state index contributed by atoms with van der Waals surface area (Å²) in [6.07, 6.45) is 1.84. The van der Waals surface area contributed by atoms with Crippen molar-refractivity contribution < 1.29 is 5.11 Å². The van der Waals surface area contributed by atoms with Gasteiger partial charge in [-0.05, 0) is 6.42 Å². The highest BCUT2D eigenvalue weighted by molar-refractivity contribution is 7.09. The minimum absolute atomic E-state index is 0.193. The molecular formula is C7H12N2OS. The van der Waals surface area contributed by atoms with Crippen LogP contribution in [0.5, 0.6) is 0 Å². The van der Waals surface area contributed by atoms with Gasteiger partial charge in [-0.25, -0.2) is 4.98 Å². The predicted octanol–water partition coefficient (Wildman–Crippen LogP) is 0.914. The molecule has 0 radical (unpaired) electrons. The summed E-state index contributed by atoms with van der Waals surface area (Å²) in [5.41, 5.74) is 5.62. The van der Waals surface area contributed by atoms with Crippen LogP contribution in [0.1, 0.15) is 24.5 Å². The smallest absolute Gasteiger partial charge is 0.123 e. The van der Waals surface area contributed by atoms with Gasteiger partial charge in [0.15, 0.2) is 0 Å². The second-order valence-electron chi connectivity index (χ2n) is 2.39. The van der Waals surface area contributed by atoms with Gasteiger partial charge in [0, 0.05) is 17.6 Å². The van der Waals surface area contributed by atoms with Gasteiger partial charge in [0.05, 0.1) is 0 Å². The Bertz CT molecular complexity index is 200. The van der Waals surface area contributed by atoms with Crippen molar-refractivity contribution in [2.75, 3.05) is 0 Å². The molecule has 0 aromatic carbocycles. The first-order valence-electron chi connectivity index (χ1n) is 3.58. The lowest BCUT2D eigenvalue weighted by Gasteiger charge is -2.13. The number of aliphatic hydroxyl groups is 1. The van der Waals surface area contributed by atoms with Crippen molar-refractivity contribution in [2.24, 2.45) is 5.73 Å². The molecule has 0 unspecified atom stereocenters. The Morgan fingerprint density at radius 2 is 2.55 bits per heavy atom. The third kappa shape index (κ3) is 1.99. The van der Waals surface area contributed by atoms with E-state index in [0.29, 0.717) is 5.01 Å². The minimum atomic E-state index is -0.597. The largest absolute Gasteiger partial charge is 0.384 e. The maximum absolute atomic E-state index is 9.50. The van der Waals surface area contributed by atoms with E-state index in [2.05, 4.69) is 4.98 Å². The lowest BCUT2D eigenvalue weighted by molar-refractivity contribution is 0.144. The van der Waals surface area contributed by atoms with Crippen LogP contribution in [0.3, 0.4) is 0 Å². The highest BCUT2D eigenvalue weighted by Gasteiger charge is 2.16. The molecule has 0 amide bonds. The molecule has 62 valence electrons. The van der Waals surface area contributed by atoms with E-state index >= 15 is 0 Å². The van der Waals surface area contributed by atoms with E-state index in [9.17, 15) is 5.11 Å². The van der Waals surface area contributed by atoms with Crippen LogP contribution in [-0.4, -0.2) is 16.1 Å². The molecule has 0 bridgehead atoms. The van der Waals surface area contributed by atoms with Gasteiger partial charge in [-0.2, -0.15) is 0 Å². The zero-order valence-corrected chi connectivity index (χ0v) is 7.21. The summed E-state index contributed by atoms with van der Waals surface area (Å²) in [6, 6.07) is -0.193. The second kappa shape index (κ2) is 3.80. The van der Waals surface area contributed by atoms with Crippen molar-refractivity contribution in [3.05, 3.63) is 16.6 Å².